The maximum absolute atomic E-state index is 12.3. The van der Waals surface area contributed by atoms with Gasteiger partial charge in [-0.25, -0.2) is 16.0 Å². The number of benzene rings is 1. The number of ether oxygens (including phenoxy) is 1. The predicted molar refractivity (Wildman–Crippen MR) is 120 cm³/mol. The van der Waals surface area contributed by atoms with Gasteiger partial charge in [0.15, 0.2) is 0 Å². The van der Waals surface area contributed by atoms with Crippen molar-refractivity contribution in [2.24, 2.45) is 11.8 Å². The summed E-state index contributed by atoms with van der Waals surface area (Å²) in [5.74, 6) is 3.04. The molecule has 0 bridgehead atoms. The molecule has 1 amide bonds. The Balaban J connectivity index is 1.16. The molecule has 6 rings (SSSR count). The van der Waals surface area contributed by atoms with Crippen molar-refractivity contribution in [2.45, 2.75) is 18.2 Å². The Morgan fingerprint density at radius 3 is 2.59 bits per heavy atom. The molecule has 9 heteroatoms. The van der Waals surface area contributed by atoms with Crippen LogP contribution in [-0.2, 0) is 16.8 Å². The fourth-order valence-corrected chi connectivity index (χ4v) is 6.55. The highest BCUT2D eigenvalue weighted by Crippen LogP contribution is 2.66. The van der Waals surface area contributed by atoms with E-state index in [4.69, 9.17) is 11.3 Å². The van der Waals surface area contributed by atoms with E-state index >= 15 is 0 Å². The second kappa shape index (κ2) is 7.35. The molecule has 2 aliphatic heterocycles. The zero-order valence-corrected chi connectivity index (χ0v) is 18.0. The molecule has 3 aliphatic rings. The second-order valence-corrected chi connectivity index (χ2v) is 9.48. The van der Waals surface area contributed by atoms with Gasteiger partial charge in [-0.1, -0.05) is 23.4 Å². The number of hydrogen-bond donors (Lipinski definition) is 0. The van der Waals surface area contributed by atoms with E-state index < -0.39 is 5.54 Å². The van der Waals surface area contributed by atoms with Gasteiger partial charge in [-0.05, 0) is 23.8 Å². The van der Waals surface area contributed by atoms with Crippen LogP contribution >= 0.6 is 11.8 Å². The first-order valence-corrected chi connectivity index (χ1v) is 11.7. The first-order chi connectivity index (χ1) is 15.7. The van der Waals surface area contributed by atoms with Crippen LogP contribution in [0.25, 0.3) is 16.0 Å². The van der Waals surface area contributed by atoms with E-state index in [0.29, 0.717) is 24.9 Å². The van der Waals surface area contributed by atoms with Gasteiger partial charge >= 0.3 is 6.09 Å². The summed E-state index contributed by atoms with van der Waals surface area (Å²) in [5, 5.41) is 7.71. The summed E-state index contributed by atoms with van der Waals surface area (Å²) in [4.78, 5) is 22.7. The third-order valence-electron chi connectivity index (χ3n) is 6.71. The number of fused-ring (bicyclic) bond motifs is 1. The number of hydrogen-bond acceptors (Lipinski definition) is 6. The molecular weight excluding hydrogens is 424 g/mol. The van der Waals surface area contributed by atoms with Gasteiger partial charge in [0.05, 0.1) is 31.1 Å². The molecule has 1 aliphatic carbocycles. The molecule has 0 radical (unpaired) electrons. The lowest BCUT2D eigenvalue weighted by molar-refractivity contribution is 0.129. The Morgan fingerprint density at radius 1 is 1.16 bits per heavy atom. The summed E-state index contributed by atoms with van der Waals surface area (Å²) in [6.07, 6.45) is 4.59. The quantitative estimate of drug-likeness (QED) is 0.561. The summed E-state index contributed by atoms with van der Waals surface area (Å²) >= 11 is 1.94. The average Bonchev–Trinajstić information content (AvgIpc) is 3.35. The van der Waals surface area contributed by atoms with E-state index in [-0.39, 0.29) is 12.2 Å². The molecule has 0 spiro atoms. The summed E-state index contributed by atoms with van der Waals surface area (Å²) < 4.78 is 7.13. The number of thioether (sulfide) groups is 1. The number of amides is 1. The Kier molecular flexibility index (Phi) is 4.43. The molecular formula is C23H20N6O2S. The number of cyclic esters (lactones) is 1. The first kappa shape index (κ1) is 19.3. The predicted octanol–water partition coefficient (Wildman–Crippen LogP) is 3.47. The molecule has 4 atom stereocenters. The smallest absolute Gasteiger partial charge is 0.414 e. The molecule has 0 N–H and O–H groups in total. The standard InChI is InChI=1S/C23H20N6O2S/c1-24-23(19-13-32-14-20(19)23)21-7-4-16(10-25-21)15-2-5-17(6-3-15)29-12-18(31-22(29)30)11-28-9-8-26-27-28/h2-10,18-20H,11-14H2/t18-,19-,20+,23?/m0/s1. The largest absolute Gasteiger partial charge is 0.442 e. The van der Waals surface area contributed by atoms with Crippen molar-refractivity contribution < 1.29 is 9.53 Å². The molecule has 1 aromatic carbocycles. The molecule has 3 fully saturated rings. The summed E-state index contributed by atoms with van der Waals surface area (Å²) in [7, 11) is 0. The zero-order chi connectivity index (χ0) is 21.7. The minimum absolute atomic E-state index is 0.268. The van der Waals surface area contributed by atoms with E-state index in [1.807, 2.05) is 54.4 Å². The van der Waals surface area contributed by atoms with Crippen LogP contribution in [0.2, 0.25) is 0 Å². The van der Waals surface area contributed by atoms with Gasteiger partial charge in [-0.3, -0.25) is 9.88 Å². The molecule has 160 valence electrons. The normalized spacial score (nSPS) is 28.3. The Hall–Kier alpha value is -3.38. The third-order valence-corrected chi connectivity index (χ3v) is 7.90. The average molecular weight is 445 g/mol. The van der Waals surface area contributed by atoms with Gasteiger partial charge in [0.2, 0.25) is 0 Å². The van der Waals surface area contributed by atoms with Crippen molar-refractivity contribution in [3.63, 3.8) is 0 Å². The summed E-state index contributed by atoms with van der Waals surface area (Å²) in [6.45, 7) is 8.68. The van der Waals surface area contributed by atoms with Crippen LogP contribution in [0.5, 0.6) is 0 Å². The van der Waals surface area contributed by atoms with Crippen molar-refractivity contribution >= 4 is 23.5 Å². The molecule has 4 heterocycles. The summed E-state index contributed by atoms with van der Waals surface area (Å²) in [6, 6.07) is 11.9. The van der Waals surface area contributed by atoms with Gasteiger partial charge in [0.25, 0.3) is 5.54 Å². The van der Waals surface area contributed by atoms with Crippen LogP contribution in [0.3, 0.4) is 0 Å². The molecule has 2 saturated heterocycles. The molecule has 8 nitrogen and oxygen atoms in total. The lowest BCUT2D eigenvalue weighted by Gasteiger charge is -2.14. The minimum atomic E-state index is -0.396. The Labute approximate surface area is 189 Å². The highest BCUT2D eigenvalue weighted by atomic mass is 32.2. The van der Waals surface area contributed by atoms with Gasteiger partial charge in [-0.15, -0.1) is 5.10 Å². The van der Waals surface area contributed by atoms with Crippen LogP contribution < -0.4 is 4.90 Å². The number of nitrogens with zero attached hydrogens (tertiary/aromatic N) is 6. The van der Waals surface area contributed by atoms with Gasteiger partial charge in [0, 0.05) is 35.2 Å². The molecule has 3 aromatic rings. The van der Waals surface area contributed by atoms with Gasteiger partial charge < -0.3 is 9.58 Å². The number of pyridine rings is 1. The monoisotopic (exact) mass is 444 g/mol. The van der Waals surface area contributed by atoms with Crippen molar-refractivity contribution in [3.8, 4) is 11.1 Å². The number of carbonyl (C=O) groups is 1. The van der Waals surface area contributed by atoms with E-state index in [1.54, 1.807) is 22.0 Å². The van der Waals surface area contributed by atoms with E-state index in [9.17, 15) is 4.79 Å². The van der Waals surface area contributed by atoms with E-state index in [2.05, 4.69) is 20.1 Å². The molecule has 2 aromatic heterocycles. The molecule has 1 unspecified atom stereocenters. The first-order valence-electron chi connectivity index (χ1n) is 10.5. The second-order valence-electron chi connectivity index (χ2n) is 8.41. The minimum Gasteiger partial charge on any atom is -0.442 e. The lowest BCUT2D eigenvalue weighted by atomic mass is 10.0. The lowest BCUT2D eigenvalue weighted by Crippen LogP contribution is -2.26. The fraction of sp³-hybridized carbons (Fsp3) is 0.348. The van der Waals surface area contributed by atoms with Crippen LogP contribution in [0.15, 0.2) is 55.0 Å². The summed E-state index contributed by atoms with van der Waals surface area (Å²) in [5.41, 5.74) is 3.31. The van der Waals surface area contributed by atoms with Crippen LogP contribution in [-0.4, -0.2) is 50.2 Å². The van der Waals surface area contributed by atoms with Crippen molar-refractivity contribution in [3.05, 3.63) is 72.1 Å². The zero-order valence-electron chi connectivity index (χ0n) is 17.2. The van der Waals surface area contributed by atoms with Gasteiger partial charge in [0.1, 0.15) is 11.8 Å². The van der Waals surface area contributed by atoms with Crippen LogP contribution in [0.4, 0.5) is 10.5 Å². The van der Waals surface area contributed by atoms with Gasteiger partial charge in [-0.2, -0.15) is 11.8 Å². The fourth-order valence-electron chi connectivity index (χ4n) is 4.93. The topological polar surface area (TPSA) is 77.5 Å². The number of anilines is 1. The highest BCUT2D eigenvalue weighted by Gasteiger charge is 2.76. The van der Waals surface area contributed by atoms with Crippen LogP contribution in [0, 0.1) is 18.4 Å². The number of carbonyl (C=O) groups excluding carboxylic acids is 1. The SMILES string of the molecule is [C-]#[N+]C1(c2ccc(-c3ccc(N4C[C@H](Cn5ccnn5)OC4=O)cc3)cn2)[C@@H]2CSC[C@@H]21. The maximum Gasteiger partial charge on any atom is 0.414 e. The Bertz CT molecular complexity index is 1180. The van der Waals surface area contributed by atoms with Crippen molar-refractivity contribution in [1.82, 2.24) is 20.0 Å². The van der Waals surface area contributed by atoms with Crippen LogP contribution in [0.1, 0.15) is 5.69 Å². The van der Waals surface area contributed by atoms with E-state index in [0.717, 1.165) is 34.0 Å². The highest BCUT2D eigenvalue weighted by molar-refractivity contribution is 7.99. The van der Waals surface area contributed by atoms with Crippen molar-refractivity contribution in [2.75, 3.05) is 23.0 Å². The maximum atomic E-state index is 12.3. The van der Waals surface area contributed by atoms with E-state index in [1.165, 1.54) is 0 Å². The number of aromatic nitrogens is 4. The van der Waals surface area contributed by atoms with Crippen molar-refractivity contribution in [1.29, 1.82) is 0 Å². The molecule has 1 saturated carbocycles. The third kappa shape index (κ3) is 2.98. The Morgan fingerprint density at radius 2 is 1.94 bits per heavy atom. The number of rotatable bonds is 5. The molecule has 32 heavy (non-hydrogen) atoms.